The highest BCUT2D eigenvalue weighted by Crippen LogP contribution is 2.74. The second-order valence-corrected chi connectivity index (χ2v) is 33.7. The van der Waals surface area contributed by atoms with Crippen molar-refractivity contribution in [3.63, 3.8) is 0 Å². The molecule has 0 saturated heterocycles. The van der Waals surface area contributed by atoms with E-state index in [-0.39, 0.29) is 10.8 Å². The molecule has 0 rings (SSSR count). The van der Waals surface area contributed by atoms with Gasteiger partial charge in [0.05, 0.1) is 0 Å². The maximum Gasteiger partial charge on any atom is 0.0482 e. The zero-order chi connectivity index (χ0) is 75.8. The molecule has 0 spiro atoms. The van der Waals surface area contributed by atoms with Crippen molar-refractivity contribution in [2.24, 2.45) is 21.7 Å². The van der Waals surface area contributed by atoms with Gasteiger partial charge in [-0.2, -0.15) is 0 Å². The number of carbonyl (C=O) groups is 1. The molecule has 2 nitrogen and oxygen atoms in total. The molecule has 0 saturated carbocycles. The van der Waals surface area contributed by atoms with Gasteiger partial charge >= 0.3 is 0 Å². The standard InChI is InChI=1S/C102H186O2/c1-10-19-28-37-46-55-56-57-58-59-60-61-64-73-82-91-99(89-80-71-62-47-38-29-20-11-2,90-81-72-63-48-39-30-21-12-3)101(94-85-76-67-51-42-33-24-15-6,95-86-77-68-52-43-34-25-16-7)102(96-87-78-69-53-44-35-26-17-8,97-88-79-70-54-45-36-27-18-9)100(98(103)104,92-83-74-65-49-40-31-22-13-4)93-84-75-66-50-41-32-23-14-5/h11-18,57-58H,2-10,19-56,59-97H2,1H3,(H,103,104)/p-1/b58-57+. The summed E-state index contributed by atoms with van der Waals surface area (Å²) in [5.74, 6) is -0.619. The lowest BCUT2D eigenvalue weighted by Crippen LogP contribution is -2.65. The van der Waals surface area contributed by atoms with Crippen molar-refractivity contribution >= 4 is 5.97 Å². The molecule has 606 valence electrons. The largest absolute Gasteiger partial charge is 0.550 e. The first-order valence-corrected chi connectivity index (χ1v) is 47.0. The smallest absolute Gasteiger partial charge is 0.0482 e. The average molecular weight is 1440 g/mol. The third-order valence-electron chi connectivity index (χ3n) is 25.4. The maximum atomic E-state index is 16.5. The predicted molar refractivity (Wildman–Crippen MR) is 471 cm³/mol. The Morgan fingerprint density at radius 2 is 0.375 bits per heavy atom. The molecule has 0 aliphatic rings. The van der Waals surface area contributed by atoms with E-state index in [0.717, 1.165) is 116 Å². The van der Waals surface area contributed by atoms with Crippen molar-refractivity contribution in [1.82, 2.24) is 0 Å². The zero-order valence-electron chi connectivity index (χ0n) is 70.9. The van der Waals surface area contributed by atoms with E-state index in [1.807, 2.05) is 0 Å². The van der Waals surface area contributed by atoms with E-state index in [9.17, 15) is 0 Å². The highest BCUT2D eigenvalue weighted by Gasteiger charge is 2.66. The van der Waals surface area contributed by atoms with Crippen LogP contribution in [0, 0.1) is 21.7 Å². The van der Waals surface area contributed by atoms with Crippen LogP contribution in [0.25, 0.3) is 0 Å². The van der Waals surface area contributed by atoms with Crippen LogP contribution >= 0.6 is 0 Å². The van der Waals surface area contributed by atoms with Gasteiger partial charge in [-0.15, -0.1) is 52.6 Å². The van der Waals surface area contributed by atoms with E-state index < -0.39 is 16.8 Å². The number of hydrogen-bond acceptors (Lipinski definition) is 2. The number of aliphatic carboxylic acids is 1. The lowest BCUT2D eigenvalue weighted by molar-refractivity contribution is -0.337. The van der Waals surface area contributed by atoms with Crippen LogP contribution in [0.5, 0.6) is 0 Å². The Bertz CT molecular complexity index is 1830. The summed E-state index contributed by atoms with van der Waals surface area (Å²) < 4.78 is 0. The lowest BCUT2D eigenvalue weighted by Gasteiger charge is -2.69. The molecule has 0 aromatic heterocycles. The molecule has 0 bridgehead atoms. The normalized spacial score (nSPS) is 12.2. The quantitative estimate of drug-likeness (QED) is 0.0450. The molecule has 0 atom stereocenters. The molecule has 0 unspecified atom stereocenters. The summed E-state index contributed by atoms with van der Waals surface area (Å²) in [6.07, 6.45) is 117. The van der Waals surface area contributed by atoms with Crippen LogP contribution in [-0.4, -0.2) is 5.97 Å². The molecule has 0 radical (unpaired) electrons. The van der Waals surface area contributed by atoms with Crippen LogP contribution in [0.4, 0.5) is 0 Å². The molecular formula is C102H185O2-. The van der Waals surface area contributed by atoms with Gasteiger partial charge < -0.3 is 9.90 Å². The number of allylic oxidation sites excluding steroid dienone is 10. The molecule has 0 fully saturated rings. The van der Waals surface area contributed by atoms with E-state index in [2.05, 4.69) is 120 Å². The minimum absolute atomic E-state index is 0.0261. The number of hydrogen-bond donors (Lipinski definition) is 0. The SMILES string of the molecule is C=CCCCCCCCCC(CCCCCCC/C=C/CCCCCCCC)(CCCCCCCCC=C)C(CCCCCCCCC=C)(CCCCCCCCC=C)C(CCCCCCCCC=C)(CCCCCCCCC=C)C(CCCCCCCCC=C)(CCCCCCCCC=C)C(=O)[O-]. The van der Waals surface area contributed by atoms with Crippen molar-refractivity contribution in [2.75, 3.05) is 0 Å². The van der Waals surface area contributed by atoms with Crippen LogP contribution in [0.1, 0.15) is 508 Å². The maximum absolute atomic E-state index is 16.5. The highest BCUT2D eigenvalue weighted by molar-refractivity contribution is 5.74. The molecule has 0 N–H and O–H groups in total. The fraction of sp³-hybridized carbons (Fsp3) is 0.814. The summed E-state index contributed by atoms with van der Waals surface area (Å²) in [5.41, 5.74) is -1.43. The van der Waals surface area contributed by atoms with Crippen molar-refractivity contribution < 1.29 is 9.90 Å². The molecule has 0 aliphatic heterocycles. The van der Waals surface area contributed by atoms with E-state index in [1.54, 1.807) is 0 Å². The fourth-order valence-corrected chi connectivity index (χ4v) is 19.3. The molecule has 0 aliphatic carbocycles. The molecule has 0 aromatic rings. The van der Waals surface area contributed by atoms with Crippen LogP contribution in [0.2, 0.25) is 0 Å². The van der Waals surface area contributed by atoms with Gasteiger partial charge in [0, 0.05) is 11.4 Å². The Balaban J connectivity index is 9.62. The van der Waals surface area contributed by atoms with E-state index >= 15 is 9.90 Å². The number of carbonyl (C=O) groups excluding carboxylic acids is 1. The molecule has 104 heavy (non-hydrogen) atoms. The van der Waals surface area contributed by atoms with Crippen molar-refractivity contribution in [3.8, 4) is 0 Å². The van der Waals surface area contributed by atoms with Gasteiger partial charge in [-0.25, -0.2) is 0 Å². The second-order valence-electron chi connectivity index (χ2n) is 33.7. The van der Waals surface area contributed by atoms with Gasteiger partial charge in [-0.1, -0.05) is 382 Å². The first-order valence-electron chi connectivity index (χ1n) is 47.0. The van der Waals surface area contributed by atoms with Gasteiger partial charge in [-0.05, 0) is 202 Å². The molecule has 0 aromatic carbocycles. The Morgan fingerprint density at radius 3 is 0.577 bits per heavy atom. The van der Waals surface area contributed by atoms with Gasteiger partial charge in [0.2, 0.25) is 0 Å². The predicted octanol–water partition coefficient (Wildman–Crippen LogP) is 35.2. The first kappa shape index (κ1) is 101. The Labute approximate surface area is 654 Å². The summed E-state index contributed by atoms with van der Waals surface area (Å²) in [6, 6.07) is 0. The minimum atomic E-state index is -0.911. The molecular weight excluding hydrogens is 1260 g/mol. The minimum Gasteiger partial charge on any atom is -0.550 e. The van der Waals surface area contributed by atoms with E-state index in [0.29, 0.717) is 0 Å². The highest BCUT2D eigenvalue weighted by atomic mass is 16.4. The topological polar surface area (TPSA) is 40.1 Å². The third-order valence-corrected chi connectivity index (χ3v) is 25.4. The van der Waals surface area contributed by atoms with Gasteiger partial charge in [0.1, 0.15) is 0 Å². The van der Waals surface area contributed by atoms with Gasteiger partial charge in [0.15, 0.2) is 0 Å². The van der Waals surface area contributed by atoms with E-state index in [1.165, 1.54) is 385 Å². The molecule has 0 amide bonds. The Hall–Kier alpha value is -2.87. The Morgan fingerprint density at radius 1 is 0.212 bits per heavy atom. The van der Waals surface area contributed by atoms with Crippen LogP contribution < -0.4 is 5.11 Å². The number of carboxylic acids is 1. The summed E-state index contributed by atoms with van der Waals surface area (Å²) in [7, 11) is 0. The summed E-state index contributed by atoms with van der Waals surface area (Å²) in [4.78, 5) is 16.5. The monoisotopic (exact) mass is 1440 g/mol. The number of carboxylic acid groups (broad SMARTS) is 1. The van der Waals surface area contributed by atoms with Crippen LogP contribution in [-0.2, 0) is 4.79 Å². The number of unbranched alkanes of at least 4 members (excludes halogenated alkanes) is 59. The summed E-state index contributed by atoms with van der Waals surface area (Å²) in [5, 5.41) is 16.5. The van der Waals surface area contributed by atoms with Crippen molar-refractivity contribution in [2.45, 2.75) is 508 Å². The fourth-order valence-electron chi connectivity index (χ4n) is 19.3. The summed E-state index contributed by atoms with van der Waals surface area (Å²) in [6.45, 7) is 35.2. The van der Waals surface area contributed by atoms with E-state index in [4.69, 9.17) is 0 Å². The Kier molecular flexibility index (Phi) is 76.1. The third kappa shape index (κ3) is 51.5. The van der Waals surface area contributed by atoms with Gasteiger partial charge in [0.25, 0.3) is 0 Å². The summed E-state index contributed by atoms with van der Waals surface area (Å²) >= 11 is 0. The number of rotatable bonds is 91. The second kappa shape index (κ2) is 78.3. The van der Waals surface area contributed by atoms with Crippen LogP contribution in [0.3, 0.4) is 0 Å². The van der Waals surface area contributed by atoms with Crippen molar-refractivity contribution in [3.05, 3.63) is 113 Å². The first-order chi connectivity index (χ1) is 51.2. The van der Waals surface area contributed by atoms with Gasteiger partial charge in [-0.3, -0.25) is 0 Å². The molecule has 0 heterocycles. The lowest BCUT2D eigenvalue weighted by atomic mass is 9.35. The van der Waals surface area contributed by atoms with Crippen molar-refractivity contribution in [1.29, 1.82) is 0 Å². The van der Waals surface area contributed by atoms with Crippen LogP contribution in [0.15, 0.2) is 113 Å². The average Bonchev–Trinajstić information content (AvgIpc) is 0.693. The zero-order valence-corrected chi connectivity index (χ0v) is 70.9. The molecule has 2 heteroatoms.